The molecule has 13 heteroatoms. The maximum absolute atomic E-state index is 12.4. The zero-order chi connectivity index (χ0) is 39.8. The minimum Gasteiger partial charge on any atom is -0.462 e. The molecule has 3 aromatic heterocycles. The van der Waals surface area contributed by atoms with Crippen molar-refractivity contribution in [2.75, 3.05) is 13.2 Å². The summed E-state index contributed by atoms with van der Waals surface area (Å²) in [4.78, 5) is 68.6. The second kappa shape index (κ2) is 16.8. The van der Waals surface area contributed by atoms with Crippen molar-refractivity contribution < 1.29 is 19.1 Å². The van der Waals surface area contributed by atoms with Gasteiger partial charge >= 0.3 is 11.9 Å². The average molecular weight is 764 g/mol. The molecule has 282 valence electrons. The average Bonchev–Trinajstić information content (AvgIpc) is 3.29. The molecule has 0 saturated heterocycles. The monoisotopic (exact) mass is 763 g/mol. The molecule has 8 rings (SSSR count). The van der Waals surface area contributed by atoms with Crippen LogP contribution in [0.1, 0.15) is 34.6 Å². The lowest BCUT2D eigenvalue weighted by atomic mass is 10.1. The first-order valence-electron chi connectivity index (χ1n) is 18.5. The Hall–Kier alpha value is -7.93. The number of hydrogen-bond acceptors (Lipinski definition) is 13. The van der Waals surface area contributed by atoms with Gasteiger partial charge in [0.15, 0.2) is 29.1 Å². The third-order valence-corrected chi connectivity index (χ3v) is 8.71. The Kier molecular flexibility index (Phi) is 10.7. The molecule has 0 saturated carbocycles. The minimum absolute atomic E-state index is 0.148. The van der Waals surface area contributed by atoms with Crippen LogP contribution < -0.4 is 0 Å². The molecule has 0 bridgehead atoms. The van der Waals surface area contributed by atoms with E-state index in [0.717, 1.165) is 11.1 Å². The van der Waals surface area contributed by atoms with Crippen LogP contribution in [-0.2, 0) is 9.47 Å². The Bertz CT molecular complexity index is 2550. The molecule has 0 aliphatic carbocycles. The van der Waals surface area contributed by atoms with Gasteiger partial charge in [-0.2, -0.15) is 0 Å². The molecule has 0 atom stereocenters. The maximum atomic E-state index is 12.4. The molecule has 0 aliphatic rings. The van der Waals surface area contributed by atoms with Crippen molar-refractivity contribution in [2.45, 2.75) is 13.8 Å². The van der Waals surface area contributed by atoms with Crippen LogP contribution in [-0.4, -0.2) is 70.0 Å². The van der Waals surface area contributed by atoms with Crippen LogP contribution in [0.5, 0.6) is 0 Å². The lowest BCUT2D eigenvalue weighted by Crippen LogP contribution is -2.08. The molecule has 0 aliphatic heterocycles. The Morgan fingerprint density at radius 1 is 0.328 bits per heavy atom. The normalized spacial score (nSPS) is 10.9. The highest BCUT2D eigenvalue weighted by molar-refractivity contribution is 5.90. The van der Waals surface area contributed by atoms with E-state index >= 15 is 0 Å². The zero-order valence-electron chi connectivity index (χ0n) is 31.4. The first kappa shape index (κ1) is 37.0. The van der Waals surface area contributed by atoms with E-state index in [0.29, 0.717) is 56.9 Å². The highest BCUT2D eigenvalue weighted by atomic mass is 16.5. The van der Waals surface area contributed by atoms with Crippen LogP contribution in [0.2, 0.25) is 0 Å². The smallest absolute Gasteiger partial charge is 0.338 e. The molecule has 0 spiro atoms. The van der Waals surface area contributed by atoms with E-state index in [-0.39, 0.29) is 36.5 Å². The molecule has 5 aromatic carbocycles. The number of aromatic nitrogens is 9. The highest BCUT2D eigenvalue weighted by Gasteiger charge is 2.21. The molecule has 0 amide bonds. The van der Waals surface area contributed by atoms with Gasteiger partial charge in [-0.25, -0.2) is 54.4 Å². The Morgan fingerprint density at radius 3 is 0.810 bits per heavy atom. The minimum atomic E-state index is -0.424. The maximum Gasteiger partial charge on any atom is 0.338 e. The van der Waals surface area contributed by atoms with Crippen molar-refractivity contribution in [1.29, 1.82) is 0 Å². The number of nitrogens with zero attached hydrogens (tertiary/aromatic N) is 9. The van der Waals surface area contributed by atoms with Gasteiger partial charge in [0, 0.05) is 27.8 Å². The fourth-order valence-corrected chi connectivity index (χ4v) is 5.87. The van der Waals surface area contributed by atoms with Crippen molar-refractivity contribution >= 4 is 11.9 Å². The van der Waals surface area contributed by atoms with Gasteiger partial charge in [-0.3, -0.25) is 0 Å². The van der Waals surface area contributed by atoms with Gasteiger partial charge in [-0.15, -0.1) is 0 Å². The van der Waals surface area contributed by atoms with Crippen molar-refractivity contribution in [1.82, 2.24) is 44.9 Å². The van der Waals surface area contributed by atoms with Crippen LogP contribution in [0.4, 0.5) is 0 Å². The molecule has 0 radical (unpaired) electrons. The Morgan fingerprint density at radius 2 is 0.552 bits per heavy atom. The van der Waals surface area contributed by atoms with E-state index in [1.807, 2.05) is 91.0 Å². The molecular weight excluding hydrogens is 731 g/mol. The molecule has 0 N–H and O–H groups in total. The van der Waals surface area contributed by atoms with E-state index in [4.69, 9.17) is 54.3 Å². The quantitative estimate of drug-likeness (QED) is 0.116. The molecule has 0 unspecified atom stereocenters. The summed E-state index contributed by atoms with van der Waals surface area (Å²) in [6, 6.07) is 42.2. The summed E-state index contributed by atoms with van der Waals surface area (Å²) < 4.78 is 10.4. The second-order valence-corrected chi connectivity index (χ2v) is 12.6. The Balaban J connectivity index is 1.31. The van der Waals surface area contributed by atoms with Crippen molar-refractivity contribution in [3.05, 3.63) is 151 Å². The number of carbonyl (C=O) groups excluding carboxylic acids is 2. The molecule has 58 heavy (non-hydrogen) atoms. The molecule has 8 aromatic rings. The number of ether oxygens (including phenoxy) is 2. The first-order chi connectivity index (χ1) is 28.4. The van der Waals surface area contributed by atoms with Gasteiger partial charge in [-0.05, 0) is 38.1 Å². The molecular formula is C45H33N9O4. The van der Waals surface area contributed by atoms with Crippen LogP contribution in [0.3, 0.4) is 0 Å². The Labute approximate surface area is 333 Å². The van der Waals surface area contributed by atoms with Crippen LogP contribution in [0.15, 0.2) is 140 Å². The third kappa shape index (κ3) is 8.19. The van der Waals surface area contributed by atoms with Crippen molar-refractivity contribution in [2.24, 2.45) is 0 Å². The topological polar surface area (TPSA) is 169 Å². The van der Waals surface area contributed by atoms with Crippen LogP contribution >= 0.6 is 0 Å². The molecule has 3 heterocycles. The number of esters is 2. The summed E-state index contributed by atoms with van der Waals surface area (Å²) in [7, 11) is 0. The van der Waals surface area contributed by atoms with Crippen LogP contribution in [0.25, 0.3) is 80.2 Å². The second-order valence-electron chi connectivity index (χ2n) is 12.6. The predicted molar refractivity (Wildman–Crippen MR) is 217 cm³/mol. The van der Waals surface area contributed by atoms with E-state index < -0.39 is 11.9 Å². The van der Waals surface area contributed by atoms with E-state index in [2.05, 4.69) is 0 Å². The number of benzene rings is 5. The number of carbonyl (C=O) groups is 2. The van der Waals surface area contributed by atoms with Crippen LogP contribution in [0, 0.1) is 0 Å². The van der Waals surface area contributed by atoms with Gasteiger partial charge in [0.2, 0.25) is 23.3 Å². The summed E-state index contributed by atoms with van der Waals surface area (Å²) in [5.41, 5.74) is 4.28. The SMILES string of the molecule is CCOC(=O)c1ccc(-c2nc(-c3ccccc3)nc(-c3nc(-c4ccccc4)nc(-c4nc(-c5ccccc5)nc(-c5ccc(C(=O)OCC)cc5)n4)n3)n2)cc1. The van der Waals surface area contributed by atoms with Crippen molar-refractivity contribution in [3.63, 3.8) is 0 Å². The standard InChI is InChI=1S/C45H33N9O4/c1-3-57-44(55)33-24-20-31(21-25-33)38-46-35(28-14-8-5-9-15-28)48-40(52-38)42-50-37(30-18-12-7-13-19-30)51-43(54-42)41-49-36(29-16-10-6-11-17-29)47-39(53-41)32-22-26-34(27-23-32)45(56)58-4-2/h5-27H,3-4H2,1-2H3. The lowest BCUT2D eigenvalue weighted by Gasteiger charge is -2.11. The van der Waals surface area contributed by atoms with E-state index in [1.54, 1.807) is 62.4 Å². The largest absolute Gasteiger partial charge is 0.462 e. The summed E-state index contributed by atoms with van der Waals surface area (Å²) >= 11 is 0. The van der Waals surface area contributed by atoms with Gasteiger partial charge in [0.05, 0.1) is 24.3 Å². The van der Waals surface area contributed by atoms with Gasteiger partial charge in [0.1, 0.15) is 0 Å². The summed E-state index contributed by atoms with van der Waals surface area (Å²) in [5.74, 6) is 1.58. The first-order valence-corrected chi connectivity index (χ1v) is 18.5. The van der Waals surface area contributed by atoms with Gasteiger partial charge in [0.25, 0.3) is 0 Å². The summed E-state index contributed by atoms with van der Waals surface area (Å²) in [5, 5.41) is 0. The van der Waals surface area contributed by atoms with E-state index in [9.17, 15) is 9.59 Å². The van der Waals surface area contributed by atoms with E-state index in [1.165, 1.54) is 0 Å². The van der Waals surface area contributed by atoms with Gasteiger partial charge < -0.3 is 9.47 Å². The number of rotatable bonds is 11. The zero-order valence-corrected chi connectivity index (χ0v) is 31.4. The molecule has 13 nitrogen and oxygen atoms in total. The number of hydrogen-bond donors (Lipinski definition) is 0. The molecule has 0 fully saturated rings. The fourth-order valence-electron chi connectivity index (χ4n) is 5.87. The third-order valence-electron chi connectivity index (χ3n) is 8.71. The van der Waals surface area contributed by atoms with Crippen molar-refractivity contribution in [3.8, 4) is 80.2 Å². The fraction of sp³-hybridized carbons (Fsp3) is 0.0889. The van der Waals surface area contributed by atoms with Gasteiger partial charge in [-0.1, -0.05) is 115 Å². The predicted octanol–water partition coefficient (Wildman–Crippen LogP) is 8.26. The summed E-state index contributed by atoms with van der Waals surface area (Å²) in [6.45, 7) is 4.05. The lowest BCUT2D eigenvalue weighted by molar-refractivity contribution is 0.0517. The highest BCUT2D eigenvalue weighted by Crippen LogP contribution is 2.28. The summed E-state index contributed by atoms with van der Waals surface area (Å²) in [6.07, 6.45) is 0.